The Morgan fingerprint density at radius 3 is 2.62 bits per heavy atom. The van der Waals surface area contributed by atoms with Gasteiger partial charge in [0, 0.05) is 21.8 Å². The number of hydrogen-bond donors (Lipinski definition) is 1. The van der Waals surface area contributed by atoms with Gasteiger partial charge in [0.25, 0.3) is 0 Å². The molecule has 1 amide bonds. The first-order chi connectivity index (χ1) is 12.3. The number of nitrogens with one attached hydrogen (secondary N) is 1. The quantitative estimate of drug-likeness (QED) is 0.797. The Morgan fingerprint density at radius 1 is 1.19 bits per heavy atom. The van der Waals surface area contributed by atoms with E-state index in [-0.39, 0.29) is 28.3 Å². The molecule has 26 heavy (non-hydrogen) atoms. The lowest BCUT2D eigenvalue weighted by molar-refractivity contribution is -0.142. The number of aromatic nitrogens is 2. The summed E-state index contributed by atoms with van der Waals surface area (Å²) in [4.78, 5) is 19.7. The van der Waals surface area contributed by atoms with Crippen LogP contribution < -0.4 is 5.32 Å². The van der Waals surface area contributed by atoms with Gasteiger partial charge in [-0.15, -0.1) is 0 Å². The molecule has 0 aliphatic heterocycles. The molecular formula is C17H14ClF4N3O. The Kier molecular flexibility index (Phi) is 5.13. The van der Waals surface area contributed by atoms with Crippen LogP contribution in [0.1, 0.15) is 35.4 Å². The molecule has 0 fully saturated rings. The fraction of sp³-hybridized carbons (Fsp3) is 0.353. The lowest BCUT2D eigenvalue weighted by atomic mass is 9.94. The number of hydrogen-bond acceptors (Lipinski definition) is 3. The molecule has 0 saturated heterocycles. The molecule has 0 saturated carbocycles. The number of amides is 1. The van der Waals surface area contributed by atoms with Gasteiger partial charge in [-0.25, -0.2) is 14.4 Å². The molecule has 3 rings (SSSR count). The summed E-state index contributed by atoms with van der Waals surface area (Å²) in [5.41, 5.74) is -0.696. The summed E-state index contributed by atoms with van der Waals surface area (Å²) in [6.45, 7) is 0. The number of benzene rings is 1. The minimum Gasteiger partial charge on any atom is -0.294 e. The van der Waals surface area contributed by atoms with E-state index in [1.165, 1.54) is 12.1 Å². The van der Waals surface area contributed by atoms with E-state index in [4.69, 9.17) is 11.6 Å². The van der Waals surface area contributed by atoms with E-state index in [0.29, 0.717) is 12.8 Å². The molecule has 1 N–H and O–H groups in total. The van der Waals surface area contributed by atoms with Crippen LogP contribution in [0.15, 0.2) is 18.2 Å². The van der Waals surface area contributed by atoms with E-state index in [2.05, 4.69) is 15.3 Å². The number of carbonyl (C=O) groups excluding carboxylic acids is 1. The van der Waals surface area contributed by atoms with Crippen molar-refractivity contribution in [3.05, 3.63) is 51.6 Å². The lowest BCUT2D eigenvalue weighted by Crippen LogP contribution is -2.23. The molecule has 0 unspecified atom stereocenters. The molecule has 1 aliphatic carbocycles. The topological polar surface area (TPSA) is 54.9 Å². The molecule has 138 valence electrons. The molecule has 0 spiro atoms. The number of anilines is 1. The first-order valence-corrected chi connectivity index (χ1v) is 8.33. The number of rotatable bonds is 3. The van der Waals surface area contributed by atoms with Crippen LogP contribution in [0, 0.1) is 5.82 Å². The Hall–Kier alpha value is -2.22. The van der Waals surface area contributed by atoms with Crippen molar-refractivity contribution >= 4 is 23.5 Å². The summed E-state index contributed by atoms with van der Waals surface area (Å²) in [6, 6.07) is 3.96. The highest BCUT2D eigenvalue weighted by Crippen LogP contribution is 2.35. The third kappa shape index (κ3) is 3.95. The van der Waals surface area contributed by atoms with Crippen molar-refractivity contribution in [2.24, 2.45) is 0 Å². The third-order valence-corrected chi connectivity index (χ3v) is 4.46. The summed E-state index contributed by atoms with van der Waals surface area (Å²) >= 11 is 5.86. The molecular weight excluding hydrogens is 374 g/mol. The summed E-state index contributed by atoms with van der Waals surface area (Å²) in [7, 11) is 0. The molecule has 4 nitrogen and oxygen atoms in total. The maximum absolute atomic E-state index is 13.8. The fourth-order valence-electron chi connectivity index (χ4n) is 2.92. The first kappa shape index (κ1) is 18.6. The largest absolute Gasteiger partial charge is 0.433 e. The van der Waals surface area contributed by atoms with Crippen LogP contribution in [-0.2, 0) is 30.2 Å². The summed E-state index contributed by atoms with van der Waals surface area (Å²) in [6.07, 6.45) is -3.07. The van der Waals surface area contributed by atoms with Crippen LogP contribution in [0.25, 0.3) is 0 Å². The second-order valence-corrected chi connectivity index (χ2v) is 6.36. The van der Waals surface area contributed by atoms with E-state index in [0.717, 1.165) is 12.5 Å². The van der Waals surface area contributed by atoms with E-state index in [1.54, 1.807) is 0 Å². The van der Waals surface area contributed by atoms with E-state index in [9.17, 15) is 22.4 Å². The zero-order chi connectivity index (χ0) is 18.9. The summed E-state index contributed by atoms with van der Waals surface area (Å²) in [5, 5.41) is 2.28. The number of fused-ring (bicyclic) bond motifs is 1. The van der Waals surface area contributed by atoms with Crippen LogP contribution in [0.2, 0.25) is 5.02 Å². The van der Waals surface area contributed by atoms with Gasteiger partial charge < -0.3 is 0 Å². The molecule has 2 aromatic rings. The smallest absolute Gasteiger partial charge is 0.294 e. The van der Waals surface area contributed by atoms with Gasteiger partial charge in [0.2, 0.25) is 11.9 Å². The second kappa shape index (κ2) is 7.19. The van der Waals surface area contributed by atoms with Crippen molar-refractivity contribution in [3.8, 4) is 0 Å². The average Bonchev–Trinajstić information content (AvgIpc) is 2.57. The van der Waals surface area contributed by atoms with Crippen molar-refractivity contribution in [1.82, 2.24) is 9.97 Å². The molecule has 1 aromatic carbocycles. The highest BCUT2D eigenvalue weighted by molar-refractivity contribution is 6.31. The molecule has 1 heterocycles. The standard InChI is InChI=1S/C17H14ClF4N3O/c18-11-5-3-6-12(19)10(11)8-14(26)24-16-23-13-7-2-1-4-9(13)15(25-16)17(20,21)22/h3,5-6H,1-2,4,7-8H2,(H,23,24,25,26). The number of halogens is 5. The van der Waals surface area contributed by atoms with Crippen molar-refractivity contribution in [2.45, 2.75) is 38.3 Å². The van der Waals surface area contributed by atoms with Gasteiger partial charge in [0.05, 0.1) is 6.42 Å². The third-order valence-electron chi connectivity index (χ3n) is 4.10. The van der Waals surface area contributed by atoms with Crippen LogP contribution in [0.3, 0.4) is 0 Å². The molecule has 1 aliphatic rings. The molecule has 9 heteroatoms. The SMILES string of the molecule is O=C(Cc1c(F)cccc1Cl)Nc1nc2c(c(C(F)(F)F)n1)CCCC2. The van der Waals surface area contributed by atoms with Gasteiger partial charge in [-0.05, 0) is 37.8 Å². The Labute approximate surface area is 151 Å². The van der Waals surface area contributed by atoms with Crippen molar-refractivity contribution in [2.75, 3.05) is 5.32 Å². The van der Waals surface area contributed by atoms with Crippen molar-refractivity contribution < 1.29 is 22.4 Å². The van der Waals surface area contributed by atoms with Gasteiger partial charge in [-0.1, -0.05) is 17.7 Å². The molecule has 1 aromatic heterocycles. The Balaban J connectivity index is 1.87. The van der Waals surface area contributed by atoms with E-state index >= 15 is 0 Å². The highest BCUT2D eigenvalue weighted by Gasteiger charge is 2.38. The van der Waals surface area contributed by atoms with Gasteiger partial charge in [0.15, 0.2) is 5.69 Å². The summed E-state index contributed by atoms with van der Waals surface area (Å²) in [5.74, 6) is -1.86. The van der Waals surface area contributed by atoms with Crippen LogP contribution in [0.4, 0.5) is 23.5 Å². The Bertz CT molecular complexity index is 834. The minimum atomic E-state index is -4.64. The Morgan fingerprint density at radius 2 is 1.92 bits per heavy atom. The predicted octanol–water partition coefficient (Wildman–Crippen LogP) is 4.35. The average molecular weight is 388 g/mol. The number of alkyl halides is 3. The van der Waals surface area contributed by atoms with Crippen molar-refractivity contribution in [1.29, 1.82) is 0 Å². The normalized spacial score (nSPS) is 14.0. The second-order valence-electron chi connectivity index (χ2n) is 5.95. The predicted molar refractivity (Wildman–Crippen MR) is 87.4 cm³/mol. The van der Waals surface area contributed by atoms with E-state index in [1.807, 2.05) is 0 Å². The summed E-state index contributed by atoms with van der Waals surface area (Å²) < 4.78 is 53.6. The molecule has 0 radical (unpaired) electrons. The lowest BCUT2D eigenvalue weighted by Gasteiger charge is -2.20. The van der Waals surface area contributed by atoms with Crippen LogP contribution >= 0.6 is 11.6 Å². The first-order valence-electron chi connectivity index (χ1n) is 7.95. The maximum Gasteiger partial charge on any atom is 0.433 e. The highest BCUT2D eigenvalue weighted by atomic mass is 35.5. The van der Waals surface area contributed by atoms with Crippen LogP contribution in [0.5, 0.6) is 0 Å². The van der Waals surface area contributed by atoms with Crippen LogP contribution in [-0.4, -0.2) is 15.9 Å². The maximum atomic E-state index is 13.8. The number of aryl methyl sites for hydroxylation is 1. The fourth-order valence-corrected chi connectivity index (χ4v) is 3.14. The van der Waals surface area contributed by atoms with Gasteiger partial charge in [0.1, 0.15) is 5.82 Å². The zero-order valence-electron chi connectivity index (χ0n) is 13.5. The van der Waals surface area contributed by atoms with Gasteiger partial charge in [-0.2, -0.15) is 13.2 Å². The van der Waals surface area contributed by atoms with Gasteiger partial charge in [-0.3, -0.25) is 10.1 Å². The van der Waals surface area contributed by atoms with Gasteiger partial charge >= 0.3 is 6.18 Å². The van der Waals surface area contributed by atoms with E-state index < -0.39 is 36.0 Å². The number of nitrogens with zero attached hydrogens (tertiary/aromatic N) is 2. The van der Waals surface area contributed by atoms with Crippen molar-refractivity contribution in [3.63, 3.8) is 0 Å². The zero-order valence-corrected chi connectivity index (χ0v) is 14.2. The molecule has 0 bridgehead atoms. The number of carbonyl (C=O) groups is 1. The molecule has 0 atom stereocenters. The minimum absolute atomic E-state index is 0.0410. The monoisotopic (exact) mass is 387 g/mol.